The van der Waals surface area contributed by atoms with Gasteiger partial charge in [0.1, 0.15) is 18.6 Å². The third-order valence-electron chi connectivity index (χ3n) is 5.24. The van der Waals surface area contributed by atoms with Gasteiger partial charge in [-0.3, -0.25) is 14.9 Å². The maximum atomic E-state index is 13.1. The minimum absolute atomic E-state index is 0.0452. The zero-order valence-corrected chi connectivity index (χ0v) is 21.0. The minimum atomic E-state index is -5.01. The molecule has 12 nitrogen and oxygen atoms in total. The summed E-state index contributed by atoms with van der Waals surface area (Å²) in [7, 11) is 0. The number of nitrogens with one attached hydrogen (secondary N) is 1. The second kappa shape index (κ2) is 11.6. The Morgan fingerprint density at radius 2 is 1.80 bits per heavy atom. The van der Waals surface area contributed by atoms with Gasteiger partial charge in [-0.15, -0.1) is 10.2 Å². The third-order valence-corrected chi connectivity index (χ3v) is 5.49. The molecule has 1 atom stereocenters. The molecule has 0 saturated heterocycles. The van der Waals surface area contributed by atoms with Crippen LogP contribution in [0.15, 0.2) is 53.8 Å². The van der Waals surface area contributed by atoms with Crippen molar-refractivity contribution >= 4 is 23.4 Å². The molecule has 218 valence electrons. The zero-order valence-electron chi connectivity index (χ0n) is 20.3. The lowest BCUT2D eigenvalue weighted by molar-refractivity contribution is -0.207. The van der Waals surface area contributed by atoms with E-state index in [-0.39, 0.29) is 28.6 Å². The summed E-state index contributed by atoms with van der Waals surface area (Å²) in [4.78, 5) is 32.7. The third kappa shape index (κ3) is 7.40. The summed E-state index contributed by atoms with van der Waals surface area (Å²) >= 11 is 5.87. The largest absolute Gasteiger partial charge is 0.440 e. The molecular weight excluding hydrogens is 590 g/mol. The van der Waals surface area contributed by atoms with E-state index in [2.05, 4.69) is 30.2 Å². The van der Waals surface area contributed by atoms with Crippen LogP contribution in [0.5, 0.6) is 0 Å². The minimum Gasteiger partial charge on any atom is -0.440 e. The first-order chi connectivity index (χ1) is 19.2. The normalized spacial score (nSPS) is 12.8. The molecule has 2 N–H and O–H groups in total. The van der Waals surface area contributed by atoms with Gasteiger partial charge >= 0.3 is 24.1 Å². The van der Waals surface area contributed by atoms with E-state index in [1.165, 1.54) is 42.7 Å². The Hall–Kier alpha value is -4.45. The summed E-state index contributed by atoms with van der Waals surface area (Å²) in [5, 5.41) is 20.3. The maximum absolute atomic E-state index is 13.1. The van der Waals surface area contributed by atoms with Crippen molar-refractivity contribution in [2.24, 2.45) is 0 Å². The molecule has 19 heteroatoms. The molecule has 3 aromatic heterocycles. The lowest BCUT2D eigenvalue weighted by Gasteiger charge is -2.15. The van der Waals surface area contributed by atoms with Crippen molar-refractivity contribution in [1.29, 1.82) is 0 Å². The van der Waals surface area contributed by atoms with E-state index in [0.717, 1.165) is 15.7 Å². The number of hydrogen-bond donors (Lipinski definition) is 2. The first kappa shape index (κ1) is 29.5. The second-order valence-electron chi connectivity index (χ2n) is 8.25. The topological polar surface area (TPSA) is 142 Å². The van der Waals surface area contributed by atoms with Crippen molar-refractivity contribution in [2.75, 3.05) is 11.9 Å². The van der Waals surface area contributed by atoms with Crippen molar-refractivity contribution in [1.82, 2.24) is 34.1 Å². The molecule has 0 aliphatic carbocycles. The molecule has 0 fully saturated rings. The predicted molar refractivity (Wildman–Crippen MR) is 128 cm³/mol. The van der Waals surface area contributed by atoms with Crippen LogP contribution in [0.3, 0.4) is 0 Å². The Kier molecular flexibility index (Phi) is 8.34. The van der Waals surface area contributed by atoms with Crippen LogP contribution in [-0.4, -0.2) is 70.4 Å². The average Bonchev–Trinajstić information content (AvgIpc) is 3.48. The number of alkyl halides is 6. The number of hydrogen-bond acceptors (Lipinski definition) is 8. The van der Waals surface area contributed by atoms with E-state index < -0.39 is 49.9 Å². The first-order valence-corrected chi connectivity index (χ1v) is 11.6. The van der Waals surface area contributed by atoms with Gasteiger partial charge in [-0.2, -0.15) is 26.3 Å². The molecule has 4 rings (SSSR count). The van der Waals surface area contributed by atoms with Crippen molar-refractivity contribution in [3.63, 3.8) is 0 Å². The van der Waals surface area contributed by atoms with Gasteiger partial charge in [0, 0.05) is 16.8 Å². The fraction of sp³-hybridized carbons (Fsp3) is 0.273. The Balaban J connectivity index is 1.61. The number of ether oxygens (including phenoxy) is 1. The van der Waals surface area contributed by atoms with E-state index in [0.29, 0.717) is 9.59 Å². The number of halogens is 7. The number of carbonyl (C=O) groups excluding carboxylic acids is 1. The first-order valence-electron chi connectivity index (χ1n) is 11.2. The smallest absolute Gasteiger partial charge is 0.422 e. The van der Waals surface area contributed by atoms with Crippen LogP contribution in [0.1, 0.15) is 5.82 Å². The van der Waals surface area contributed by atoms with Gasteiger partial charge in [0.2, 0.25) is 0 Å². The molecule has 3 heterocycles. The van der Waals surface area contributed by atoms with Gasteiger partial charge in [-0.05, 0) is 30.3 Å². The molecule has 0 saturated carbocycles. The number of amides is 1. The van der Waals surface area contributed by atoms with E-state index in [1.54, 1.807) is 0 Å². The fourth-order valence-electron chi connectivity index (χ4n) is 3.39. The van der Waals surface area contributed by atoms with Gasteiger partial charge in [0.25, 0.3) is 0 Å². The summed E-state index contributed by atoms with van der Waals surface area (Å²) in [6, 6.07) is 6.98. The molecule has 41 heavy (non-hydrogen) atoms. The van der Waals surface area contributed by atoms with E-state index in [9.17, 15) is 41.0 Å². The highest BCUT2D eigenvalue weighted by molar-refractivity contribution is 6.30. The number of aliphatic hydroxyl groups is 1. The van der Waals surface area contributed by atoms with Gasteiger partial charge in [-0.1, -0.05) is 11.6 Å². The molecule has 0 unspecified atom stereocenters. The molecule has 1 amide bonds. The Morgan fingerprint density at radius 3 is 2.46 bits per heavy atom. The molecule has 0 aliphatic heterocycles. The number of nitrogens with zero attached hydrogens (tertiary/aromatic N) is 7. The lowest BCUT2D eigenvalue weighted by atomic mass is 10.2. The SMILES string of the molecule is O=C(Nc1ccncc1-n1cnc(Cn2nc(-c3ccc(Cl)cc3)n(C[C@H](O)C(F)(F)F)c2=O)n1)OCC(F)(F)F. The number of rotatable bonds is 8. The molecule has 4 aromatic rings. The van der Waals surface area contributed by atoms with E-state index in [1.807, 2.05) is 0 Å². The molecule has 0 aliphatic rings. The van der Waals surface area contributed by atoms with Crippen molar-refractivity contribution in [2.45, 2.75) is 31.5 Å². The summed E-state index contributed by atoms with van der Waals surface area (Å²) in [6.45, 7) is -3.39. The van der Waals surface area contributed by atoms with Crippen LogP contribution in [0.2, 0.25) is 5.02 Å². The predicted octanol–water partition coefficient (Wildman–Crippen LogP) is 3.42. The van der Waals surface area contributed by atoms with Crippen LogP contribution in [-0.2, 0) is 17.8 Å². The van der Waals surface area contributed by atoms with E-state index in [4.69, 9.17) is 11.6 Å². The highest BCUT2D eigenvalue weighted by Crippen LogP contribution is 2.24. The van der Waals surface area contributed by atoms with Gasteiger partial charge in [-0.25, -0.2) is 23.9 Å². The van der Waals surface area contributed by atoms with Gasteiger partial charge in [0.15, 0.2) is 24.4 Å². The fourth-order valence-corrected chi connectivity index (χ4v) is 3.51. The summed E-state index contributed by atoms with van der Waals surface area (Å²) in [5.41, 5.74) is -0.758. The molecule has 0 bridgehead atoms. The van der Waals surface area contributed by atoms with Crippen LogP contribution < -0.4 is 11.0 Å². The van der Waals surface area contributed by atoms with Crippen LogP contribution in [0.25, 0.3) is 17.1 Å². The monoisotopic (exact) mass is 606 g/mol. The molecule has 0 spiro atoms. The van der Waals surface area contributed by atoms with Crippen LogP contribution in [0.4, 0.5) is 36.8 Å². The van der Waals surface area contributed by atoms with E-state index >= 15 is 0 Å². The summed E-state index contributed by atoms with van der Waals surface area (Å²) in [6.07, 6.45) is -10.4. The number of aromatic nitrogens is 7. The van der Waals surface area contributed by atoms with Gasteiger partial charge in [0.05, 0.1) is 18.4 Å². The van der Waals surface area contributed by atoms with Crippen molar-refractivity contribution < 1.29 is 41.0 Å². The number of pyridine rings is 1. The summed E-state index contributed by atoms with van der Waals surface area (Å²) < 4.78 is 82.8. The average molecular weight is 607 g/mol. The highest BCUT2D eigenvalue weighted by atomic mass is 35.5. The van der Waals surface area contributed by atoms with Crippen LogP contribution >= 0.6 is 11.6 Å². The van der Waals surface area contributed by atoms with Crippen molar-refractivity contribution in [3.8, 4) is 17.1 Å². The summed E-state index contributed by atoms with van der Waals surface area (Å²) in [5.74, 6) is -0.254. The van der Waals surface area contributed by atoms with Crippen molar-refractivity contribution in [3.05, 3.63) is 70.4 Å². The number of aliphatic hydroxyl groups excluding tert-OH is 1. The number of anilines is 1. The molecule has 0 radical (unpaired) electrons. The maximum Gasteiger partial charge on any atom is 0.422 e. The molecular formula is C22H17ClF6N8O4. The Bertz CT molecular complexity index is 1580. The number of carbonyl (C=O) groups is 1. The van der Waals surface area contributed by atoms with Crippen LogP contribution in [0, 0.1) is 0 Å². The Morgan fingerprint density at radius 1 is 1.10 bits per heavy atom. The zero-order chi connectivity index (χ0) is 29.9. The van der Waals surface area contributed by atoms with Gasteiger partial charge < -0.3 is 9.84 Å². The lowest BCUT2D eigenvalue weighted by Crippen LogP contribution is -2.37. The quantitative estimate of drug-likeness (QED) is 0.291. The molecule has 1 aromatic carbocycles. The second-order valence-corrected chi connectivity index (χ2v) is 8.69. The highest BCUT2D eigenvalue weighted by Gasteiger charge is 2.39. The standard InChI is InChI=1S/C22H17ClF6N8O4/c23-13-3-1-12(2-4-13)18-34-36(20(40)35(18)8-16(38)22(27,28)29)9-17-31-11-37(33-17)15-7-30-6-5-14(15)32-19(39)41-10-21(24,25)26/h1-7,11,16,38H,8-10H2,(H,30,32,39)/t16-/m0/s1. The number of benzene rings is 1. The Labute approximate surface area is 229 Å².